The number of hydrogen-bond donors (Lipinski definition) is 0. The van der Waals surface area contributed by atoms with Crippen molar-refractivity contribution in [2.24, 2.45) is 0 Å². The van der Waals surface area contributed by atoms with Gasteiger partial charge in [0.2, 0.25) is 0 Å². The summed E-state index contributed by atoms with van der Waals surface area (Å²) in [5.74, 6) is 1.55. The van der Waals surface area contributed by atoms with E-state index in [1.165, 1.54) is 6.07 Å². The van der Waals surface area contributed by atoms with Crippen molar-refractivity contribution < 1.29 is 13.9 Å². The average molecular weight is 381 g/mol. The van der Waals surface area contributed by atoms with Gasteiger partial charge >= 0.3 is 0 Å². The van der Waals surface area contributed by atoms with Gasteiger partial charge < -0.3 is 18.9 Å². The van der Waals surface area contributed by atoms with Gasteiger partial charge in [0.1, 0.15) is 19.0 Å². The molecule has 0 saturated carbocycles. The van der Waals surface area contributed by atoms with E-state index in [0.717, 1.165) is 67.4 Å². The Kier molecular flexibility index (Phi) is 4.56. The molecule has 2 aromatic carbocycles. The zero-order chi connectivity index (χ0) is 18.9. The van der Waals surface area contributed by atoms with Gasteiger partial charge in [-0.1, -0.05) is 6.07 Å². The maximum atomic E-state index is 13.4. The summed E-state index contributed by atoms with van der Waals surface area (Å²) in [5.41, 5.74) is 2.23. The number of nitrogens with zero attached hydrogens (tertiary/aromatic N) is 3. The van der Waals surface area contributed by atoms with Crippen LogP contribution >= 0.6 is 0 Å². The van der Waals surface area contributed by atoms with E-state index < -0.39 is 0 Å². The lowest BCUT2D eigenvalue weighted by atomic mass is 10.2. The molecule has 0 radical (unpaired) electrons. The van der Waals surface area contributed by atoms with Crippen molar-refractivity contribution in [3.63, 3.8) is 0 Å². The molecule has 0 amide bonds. The van der Waals surface area contributed by atoms with Gasteiger partial charge in [0, 0.05) is 56.4 Å². The summed E-state index contributed by atoms with van der Waals surface area (Å²) >= 11 is 0. The fourth-order valence-corrected chi connectivity index (χ4v) is 4.13. The summed E-state index contributed by atoms with van der Waals surface area (Å²) in [7, 11) is 0. The molecular weight excluding hydrogens is 357 g/mol. The second-order valence-corrected chi connectivity index (χ2v) is 7.34. The molecule has 1 saturated heterocycles. The number of halogens is 1. The van der Waals surface area contributed by atoms with Crippen LogP contribution < -0.4 is 14.4 Å². The Balaban J connectivity index is 1.21. The van der Waals surface area contributed by atoms with Crippen LogP contribution in [0.25, 0.3) is 10.9 Å². The topological polar surface area (TPSA) is 29.9 Å². The van der Waals surface area contributed by atoms with Crippen LogP contribution in [0.4, 0.5) is 10.1 Å². The van der Waals surface area contributed by atoms with E-state index in [-0.39, 0.29) is 5.82 Å². The minimum Gasteiger partial charge on any atom is -0.486 e. The van der Waals surface area contributed by atoms with Gasteiger partial charge in [0.25, 0.3) is 0 Å². The van der Waals surface area contributed by atoms with Crippen molar-refractivity contribution in [1.29, 1.82) is 0 Å². The Hall–Kier alpha value is -2.73. The predicted octanol–water partition coefficient (Wildman–Crippen LogP) is 3.37. The van der Waals surface area contributed by atoms with Crippen LogP contribution in [-0.4, -0.2) is 55.4 Å². The molecule has 0 unspecified atom stereocenters. The third-order valence-electron chi connectivity index (χ3n) is 5.65. The molecule has 0 N–H and O–H groups in total. The normalized spacial score (nSPS) is 17.2. The van der Waals surface area contributed by atoms with Gasteiger partial charge in [0.05, 0.1) is 5.69 Å². The molecule has 2 aliphatic rings. The van der Waals surface area contributed by atoms with Crippen molar-refractivity contribution in [3.05, 3.63) is 54.5 Å². The number of benzene rings is 2. The lowest BCUT2D eigenvalue weighted by Gasteiger charge is -2.37. The predicted molar refractivity (Wildman–Crippen MR) is 108 cm³/mol. The second-order valence-electron chi connectivity index (χ2n) is 7.34. The molecule has 146 valence electrons. The van der Waals surface area contributed by atoms with E-state index in [1.54, 1.807) is 6.07 Å². The first-order valence-electron chi connectivity index (χ1n) is 9.88. The summed E-state index contributed by atoms with van der Waals surface area (Å²) in [6.07, 6.45) is 2.05. The standard InChI is InChI=1S/C22H24FN3O2/c23-18-4-5-19-17(16-18)6-7-25(19)11-8-24-9-12-26(13-10-24)20-2-1-3-21-22(20)28-15-14-27-21/h1-7,16H,8-15H2. The van der Waals surface area contributed by atoms with Gasteiger partial charge in [0.15, 0.2) is 11.5 Å². The molecule has 6 heteroatoms. The van der Waals surface area contributed by atoms with E-state index in [4.69, 9.17) is 9.47 Å². The minimum absolute atomic E-state index is 0.182. The number of para-hydroxylation sites is 1. The smallest absolute Gasteiger partial charge is 0.184 e. The largest absolute Gasteiger partial charge is 0.486 e. The number of hydrogen-bond acceptors (Lipinski definition) is 4. The Bertz CT molecular complexity index is 979. The zero-order valence-corrected chi connectivity index (χ0v) is 15.8. The van der Waals surface area contributed by atoms with Gasteiger partial charge in [-0.05, 0) is 36.4 Å². The van der Waals surface area contributed by atoms with Crippen LogP contribution in [0.5, 0.6) is 11.5 Å². The van der Waals surface area contributed by atoms with Crippen molar-refractivity contribution in [2.45, 2.75) is 6.54 Å². The van der Waals surface area contributed by atoms with Crippen molar-refractivity contribution >= 4 is 16.6 Å². The maximum Gasteiger partial charge on any atom is 0.184 e. The summed E-state index contributed by atoms with van der Waals surface area (Å²) in [6, 6.07) is 13.1. The fraction of sp³-hybridized carbons (Fsp3) is 0.364. The van der Waals surface area contributed by atoms with Crippen LogP contribution in [-0.2, 0) is 6.54 Å². The molecule has 0 bridgehead atoms. The quantitative estimate of drug-likeness (QED) is 0.693. The second kappa shape index (κ2) is 7.36. The Morgan fingerprint density at radius 2 is 1.75 bits per heavy atom. The molecule has 0 spiro atoms. The Morgan fingerprint density at radius 1 is 0.893 bits per heavy atom. The Morgan fingerprint density at radius 3 is 2.64 bits per heavy atom. The van der Waals surface area contributed by atoms with Gasteiger partial charge in [-0.2, -0.15) is 0 Å². The van der Waals surface area contributed by atoms with E-state index in [2.05, 4.69) is 20.4 Å². The van der Waals surface area contributed by atoms with Crippen molar-refractivity contribution in [2.75, 3.05) is 50.8 Å². The highest BCUT2D eigenvalue weighted by Crippen LogP contribution is 2.39. The lowest BCUT2D eigenvalue weighted by molar-refractivity contribution is 0.171. The summed E-state index contributed by atoms with van der Waals surface area (Å²) in [4.78, 5) is 4.87. The van der Waals surface area contributed by atoms with E-state index in [0.29, 0.717) is 13.2 Å². The number of piperazine rings is 1. The van der Waals surface area contributed by atoms with Gasteiger partial charge in [-0.3, -0.25) is 4.90 Å². The Labute approximate surface area is 163 Å². The number of fused-ring (bicyclic) bond motifs is 2. The van der Waals surface area contributed by atoms with E-state index in [1.807, 2.05) is 30.5 Å². The fourth-order valence-electron chi connectivity index (χ4n) is 4.13. The van der Waals surface area contributed by atoms with Crippen LogP contribution in [0.3, 0.4) is 0 Å². The lowest BCUT2D eigenvalue weighted by Crippen LogP contribution is -2.47. The molecular formula is C22H24FN3O2. The molecule has 0 atom stereocenters. The minimum atomic E-state index is -0.182. The number of aromatic nitrogens is 1. The highest BCUT2D eigenvalue weighted by atomic mass is 19.1. The van der Waals surface area contributed by atoms with Crippen LogP contribution in [0, 0.1) is 5.82 Å². The molecule has 28 heavy (non-hydrogen) atoms. The van der Waals surface area contributed by atoms with Gasteiger partial charge in [-0.25, -0.2) is 4.39 Å². The average Bonchev–Trinajstić information content (AvgIpc) is 3.14. The zero-order valence-electron chi connectivity index (χ0n) is 15.8. The molecule has 2 aliphatic heterocycles. The SMILES string of the molecule is Fc1ccc2c(ccn2CCN2CCN(c3cccc4c3OCCO4)CC2)c1. The van der Waals surface area contributed by atoms with E-state index in [9.17, 15) is 4.39 Å². The molecule has 5 rings (SSSR count). The molecule has 1 aromatic heterocycles. The number of ether oxygens (including phenoxy) is 2. The summed E-state index contributed by atoms with van der Waals surface area (Å²) in [5, 5.41) is 0.959. The third kappa shape index (κ3) is 3.29. The first kappa shape index (κ1) is 17.4. The highest BCUT2D eigenvalue weighted by Gasteiger charge is 2.23. The first-order chi connectivity index (χ1) is 13.8. The summed E-state index contributed by atoms with van der Waals surface area (Å²) in [6.45, 7) is 7.09. The molecule has 3 heterocycles. The molecule has 1 fully saturated rings. The highest BCUT2D eigenvalue weighted by molar-refractivity contribution is 5.80. The number of rotatable bonds is 4. The van der Waals surface area contributed by atoms with Gasteiger partial charge in [-0.15, -0.1) is 0 Å². The molecule has 3 aromatic rings. The van der Waals surface area contributed by atoms with Crippen molar-refractivity contribution in [3.8, 4) is 11.5 Å². The summed E-state index contributed by atoms with van der Waals surface area (Å²) < 4.78 is 27.2. The van der Waals surface area contributed by atoms with Crippen LogP contribution in [0.1, 0.15) is 0 Å². The number of anilines is 1. The third-order valence-corrected chi connectivity index (χ3v) is 5.65. The van der Waals surface area contributed by atoms with Crippen molar-refractivity contribution in [1.82, 2.24) is 9.47 Å². The van der Waals surface area contributed by atoms with Crippen LogP contribution in [0.15, 0.2) is 48.7 Å². The molecule has 5 nitrogen and oxygen atoms in total. The van der Waals surface area contributed by atoms with E-state index >= 15 is 0 Å². The maximum absolute atomic E-state index is 13.4. The van der Waals surface area contributed by atoms with Crippen LogP contribution in [0.2, 0.25) is 0 Å². The monoisotopic (exact) mass is 381 g/mol. The first-order valence-corrected chi connectivity index (χ1v) is 9.88. The molecule has 0 aliphatic carbocycles.